The zero-order valence-corrected chi connectivity index (χ0v) is 9.13. The van der Waals surface area contributed by atoms with Crippen LogP contribution < -0.4 is 10.9 Å². The minimum Gasteiger partial charge on any atom is -0.423 e. The number of terminal acetylenes is 1. The highest BCUT2D eigenvalue weighted by Crippen LogP contribution is 2.24. The molecule has 2 aromatic rings. The molecule has 1 aromatic carbocycles. The van der Waals surface area contributed by atoms with Crippen molar-refractivity contribution in [2.75, 3.05) is 5.32 Å². The van der Waals surface area contributed by atoms with Gasteiger partial charge in [0.05, 0.1) is 5.69 Å². The summed E-state index contributed by atoms with van der Waals surface area (Å²) in [5.74, 6) is 0. The van der Waals surface area contributed by atoms with Crippen molar-refractivity contribution in [2.45, 2.75) is 13.8 Å². The van der Waals surface area contributed by atoms with Gasteiger partial charge in [-0.05, 0) is 31.0 Å². The molecule has 0 aliphatic carbocycles. The molecule has 0 radical (unpaired) electrons. The Labute approximate surface area is 96.1 Å². The largest absolute Gasteiger partial charge is 0.423 e. The molecule has 16 heavy (non-hydrogen) atoms. The number of hydrogen-bond donors (Lipinski definition) is 1. The van der Waals surface area contributed by atoms with Gasteiger partial charge in [0.2, 0.25) is 0 Å². The van der Waals surface area contributed by atoms with Gasteiger partial charge >= 0.3 is 5.63 Å². The van der Waals surface area contributed by atoms with Crippen LogP contribution in [0.4, 0.5) is 5.69 Å². The van der Waals surface area contributed by atoms with Crippen molar-refractivity contribution < 1.29 is 7.27 Å². The number of aryl methyl sites for hydroxylation is 2. The molecule has 0 saturated heterocycles. The molecule has 0 unspecified atom stereocenters. The predicted molar refractivity (Wildman–Crippen MR) is 68.6 cm³/mol. The average molecular weight is 217 g/mol. The lowest BCUT2D eigenvalue weighted by molar-refractivity contribution is 0.560. The van der Waals surface area contributed by atoms with Crippen molar-refractivity contribution >= 4 is 16.7 Å². The normalized spacial score (nSPS) is 10.1. The van der Waals surface area contributed by atoms with Gasteiger partial charge in [0, 0.05) is 26.4 Å². The van der Waals surface area contributed by atoms with Crippen LogP contribution in [0.15, 0.2) is 27.4 Å². The van der Waals surface area contributed by atoms with E-state index in [-0.39, 0.29) is 8.48 Å². The van der Waals surface area contributed by atoms with Crippen LogP contribution in [0, 0.1) is 26.3 Å². The van der Waals surface area contributed by atoms with Crippen LogP contribution >= 0.6 is 0 Å². The molecule has 3 heteroatoms. The highest BCUT2D eigenvalue weighted by molar-refractivity contribution is 5.85. The fraction of sp³-hybridized carbons (Fsp3) is 0.154. The first-order valence-corrected chi connectivity index (χ1v) is 4.88. The summed E-state index contributed by atoms with van der Waals surface area (Å²) in [6.45, 7) is 3.83. The van der Waals surface area contributed by atoms with Crippen molar-refractivity contribution in [3.8, 4) is 12.5 Å². The summed E-state index contributed by atoms with van der Waals surface area (Å²) >= 11 is 0. The minimum atomic E-state index is -0.347. The van der Waals surface area contributed by atoms with Gasteiger partial charge in [0.15, 0.2) is 0 Å². The fourth-order valence-electron chi connectivity index (χ4n) is 1.69. The maximum absolute atomic E-state index is 11.2. The minimum absolute atomic E-state index is 0. The monoisotopic (exact) mass is 217 g/mol. The van der Waals surface area contributed by atoms with Crippen molar-refractivity contribution in [3.63, 3.8) is 0 Å². The molecule has 1 N–H and O–H groups in total. The second-order valence-electron chi connectivity index (χ2n) is 3.68. The second-order valence-corrected chi connectivity index (χ2v) is 3.68. The Balaban J connectivity index is 0.00000144. The maximum atomic E-state index is 11.2. The second kappa shape index (κ2) is 3.74. The van der Waals surface area contributed by atoms with Crippen LogP contribution in [0.25, 0.3) is 11.0 Å². The number of benzene rings is 1. The molecular weight excluding hydrogens is 202 g/mol. The van der Waals surface area contributed by atoms with E-state index in [0.29, 0.717) is 5.58 Å². The lowest BCUT2D eigenvalue weighted by Crippen LogP contribution is -1.99. The third kappa shape index (κ3) is 1.66. The molecule has 1 aromatic heterocycles. The highest BCUT2D eigenvalue weighted by Gasteiger charge is 2.05. The van der Waals surface area contributed by atoms with E-state index in [2.05, 4.69) is 11.4 Å². The highest BCUT2D eigenvalue weighted by atomic mass is 16.4. The van der Waals surface area contributed by atoms with E-state index in [1.54, 1.807) is 6.07 Å². The van der Waals surface area contributed by atoms with E-state index in [1.807, 2.05) is 19.9 Å². The molecule has 1 heterocycles. The lowest BCUT2D eigenvalue weighted by Gasteiger charge is -2.07. The smallest absolute Gasteiger partial charge is 0.336 e. The molecular formula is C13H15NO2. The molecule has 2 rings (SSSR count). The van der Waals surface area contributed by atoms with Crippen molar-refractivity contribution in [1.29, 1.82) is 0 Å². The molecule has 0 aliphatic rings. The number of fused-ring (bicyclic) bond motifs is 1. The molecule has 0 amide bonds. The average Bonchev–Trinajstić information content (AvgIpc) is 2.21. The molecule has 0 fully saturated rings. The van der Waals surface area contributed by atoms with Gasteiger partial charge in [0.1, 0.15) is 5.58 Å². The molecule has 3 nitrogen and oxygen atoms in total. The summed E-state index contributed by atoms with van der Waals surface area (Å²) in [7, 11) is 0. The van der Waals surface area contributed by atoms with E-state index < -0.39 is 0 Å². The summed E-state index contributed by atoms with van der Waals surface area (Å²) in [6.07, 6.45) is 5.18. The molecule has 0 saturated carbocycles. The third-order valence-electron chi connectivity index (χ3n) is 2.50. The van der Waals surface area contributed by atoms with Crippen molar-refractivity contribution in [3.05, 3.63) is 39.7 Å². The Kier molecular flexibility index (Phi) is 2.41. The standard InChI is InChI=1S/C13H11NO2.2H2/c1-4-14-11-7-12-10(5-9(11)3)8(2)6-13(15)16-12;;/h1,5-7,14H,2-3H3;2*1H. The van der Waals surface area contributed by atoms with Crippen molar-refractivity contribution in [2.24, 2.45) is 0 Å². The predicted octanol–water partition coefficient (Wildman–Crippen LogP) is 2.90. The van der Waals surface area contributed by atoms with Gasteiger partial charge in [-0.15, -0.1) is 0 Å². The van der Waals surface area contributed by atoms with Crippen LogP contribution in [-0.2, 0) is 0 Å². The van der Waals surface area contributed by atoms with E-state index in [0.717, 1.165) is 22.2 Å². The fourth-order valence-corrected chi connectivity index (χ4v) is 1.69. The number of anilines is 1. The Morgan fingerprint density at radius 2 is 2.06 bits per heavy atom. The van der Waals surface area contributed by atoms with Gasteiger partial charge < -0.3 is 9.73 Å². The zero-order valence-electron chi connectivity index (χ0n) is 9.13. The summed E-state index contributed by atoms with van der Waals surface area (Å²) in [4.78, 5) is 11.2. The Morgan fingerprint density at radius 3 is 2.75 bits per heavy atom. The first-order valence-electron chi connectivity index (χ1n) is 4.88. The Bertz CT molecular complexity index is 656. The lowest BCUT2D eigenvalue weighted by atomic mass is 10.1. The van der Waals surface area contributed by atoms with Gasteiger partial charge in [0.25, 0.3) is 0 Å². The van der Waals surface area contributed by atoms with Gasteiger partial charge in [-0.1, -0.05) is 6.42 Å². The zero-order chi connectivity index (χ0) is 11.7. The molecule has 0 bridgehead atoms. The van der Waals surface area contributed by atoms with Crippen LogP contribution in [0.3, 0.4) is 0 Å². The van der Waals surface area contributed by atoms with Crippen LogP contribution in [0.5, 0.6) is 0 Å². The first kappa shape index (κ1) is 10.3. The SMILES string of the molecule is C#CNc1cc2oc(=O)cc(C)c2cc1C.[HH].[HH]. The van der Waals surface area contributed by atoms with E-state index in [4.69, 9.17) is 10.8 Å². The van der Waals surface area contributed by atoms with E-state index in [9.17, 15) is 4.79 Å². The summed E-state index contributed by atoms with van der Waals surface area (Å²) < 4.78 is 5.12. The summed E-state index contributed by atoms with van der Waals surface area (Å²) in [6, 6.07) is 7.53. The summed E-state index contributed by atoms with van der Waals surface area (Å²) in [5.41, 5.74) is 2.90. The van der Waals surface area contributed by atoms with E-state index >= 15 is 0 Å². The topological polar surface area (TPSA) is 42.2 Å². The first-order chi connectivity index (χ1) is 7.61. The number of nitrogens with one attached hydrogen (secondary N) is 1. The number of rotatable bonds is 1. The van der Waals surface area contributed by atoms with Crippen LogP contribution in [0.1, 0.15) is 14.0 Å². The molecule has 0 spiro atoms. The number of hydrogen-bond acceptors (Lipinski definition) is 3. The maximum Gasteiger partial charge on any atom is 0.336 e. The molecule has 0 aliphatic heterocycles. The van der Waals surface area contributed by atoms with Crippen molar-refractivity contribution in [1.82, 2.24) is 0 Å². The molecule has 84 valence electrons. The van der Waals surface area contributed by atoms with Gasteiger partial charge in [-0.2, -0.15) is 0 Å². The van der Waals surface area contributed by atoms with Gasteiger partial charge in [-0.25, -0.2) is 4.79 Å². The van der Waals surface area contributed by atoms with E-state index in [1.165, 1.54) is 6.07 Å². The van der Waals surface area contributed by atoms with Crippen LogP contribution in [0.2, 0.25) is 0 Å². The summed E-state index contributed by atoms with van der Waals surface area (Å²) in [5, 5.41) is 3.70. The Morgan fingerprint density at radius 1 is 1.31 bits per heavy atom. The van der Waals surface area contributed by atoms with Crippen LogP contribution in [-0.4, -0.2) is 0 Å². The quantitative estimate of drug-likeness (QED) is 0.453. The molecule has 0 atom stereocenters. The Hall–Kier alpha value is -2.21. The third-order valence-corrected chi connectivity index (χ3v) is 2.50. The van der Waals surface area contributed by atoms with Gasteiger partial charge in [-0.3, -0.25) is 0 Å².